The van der Waals surface area contributed by atoms with Crippen LogP contribution in [-0.2, 0) is 14.9 Å². The van der Waals surface area contributed by atoms with Crippen LogP contribution in [0.15, 0.2) is 18.3 Å². The molecule has 0 spiro atoms. The number of halogens is 2. The fourth-order valence-corrected chi connectivity index (χ4v) is 1.44. The average Bonchev–Trinajstić information content (AvgIpc) is 2.27. The molecule has 0 aliphatic rings. The van der Waals surface area contributed by atoms with Crippen LogP contribution in [0, 0.1) is 5.82 Å². The zero-order valence-electron chi connectivity index (χ0n) is 8.74. The molecule has 0 atom stereocenters. The third-order valence-electron chi connectivity index (χ3n) is 1.76. The first-order chi connectivity index (χ1) is 7.67. The number of aromatic nitrogens is 1. The lowest BCUT2D eigenvalue weighted by atomic mass is 10.2. The molecule has 86 valence electrons. The fraction of sp³-hybridized carbons (Fsp3) is 0.273. The molecule has 0 aromatic carbocycles. The summed E-state index contributed by atoms with van der Waals surface area (Å²) in [6.07, 6.45) is 4.20. The molecule has 0 N–H and O–H groups in total. The minimum Gasteiger partial charge on any atom is -0.463 e. The zero-order valence-corrected chi connectivity index (χ0v) is 10.3. The summed E-state index contributed by atoms with van der Waals surface area (Å²) in [7, 11) is 0. The van der Waals surface area contributed by atoms with Crippen molar-refractivity contribution >= 4 is 28.0 Å². The molecule has 0 fully saturated rings. The summed E-state index contributed by atoms with van der Waals surface area (Å²) < 4.78 is 18.0. The van der Waals surface area contributed by atoms with Crippen LogP contribution >= 0.6 is 15.9 Å². The predicted octanol–water partition coefficient (Wildman–Crippen LogP) is 2.69. The number of pyridine rings is 1. The fourth-order valence-electron chi connectivity index (χ4n) is 1.03. The van der Waals surface area contributed by atoms with Gasteiger partial charge in [-0.1, -0.05) is 15.9 Å². The Morgan fingerprint density at radius 3 is 3.00 bits per heavy atom. The number of hydrogen-bond donors (Lipinski definition) is 0. The van der Waals surface area contributed by atoms with E-state index in [-0.39, 0.29) is 0 Å². The van der Waals surface area contributed by atoms with Crippen LogP contribution in [-0.4, -0.2) is 17.6 Å². The van der Waals surface area contributed by atoms with Gasteiger partial charge in [-0.15, -0.1) is 0 Å². The summed E-state index contributed by atoms with van der Waals surface area (Å²) in [5.74, 6) is -0.852. The summed E-state index contributed by atoms with van der Waals surface area (Å²) in [6.45, 7) is 2.04. The number of rotatable bonds is 4. The lowest BCUT2D eigenvalue weighted by Crippen LogP contribution is -1.99. The van der Waals surface area contributed by atoms with Crippen molar-refractivity contribution in [3.05, 3.63) is 35.4 Å². The smallest absolute Gasteiger partial charge is 0.330 e. The van der Waals surface area contributed by atoms with Crippen LogP contribution < -0.4 is 0 Å². The van der Waals surface area contributed by atoms with Crippen molar-refractivity contribution in [2.24, 2.45) is 0 Å². The monoisotopic (exact) mass is 287 g/mol. The van der Waals surface area contributed by atoms with E-state index in [0.29, 0.717) is 23.2 Å². The molecule has 0 saturated heterocycles. The molecule has 5 heteroatoms. The van der Waals surface area contributed by atoms with E-state index in [0.717, 1.165) is 0 Å². The van der Waals surface area contributed by atoms with Gasteiger partial charge >= 0.3 is 5.97 Å². The van der Waals surface area contributed by atoms with E-state index in [1.807, 2.05) is 0 Å². The molecule has 0 radical (unpaired) electrons. The third-order valence-corrected chi connectivity index (χ3v) is 2.29. The summed E-state index contributed by atoms with van der Waals surface area (Å²) in [5, 5.41) is 0.362. The van der Waals surface area contributed by atoms with Gasteiger partial charge < -0.3 is 4.74 Å². The van der Waals surface area contributed by atoms with Gasteiger partial charge in [0.05, 0.1) is 12.3 Å². The van der Waals surface area contributed by atoms with Gasteiger partial charge in [0.25, 0.3) is 0 Å². The number of hydrogen-bond acceptors (Lipinski definition) is 3. The van der Waals surface area contributed by atoms with Gasteiger partial charge in [0, 0.05) is 17.6 Å². The maximum atomic E-state index is 13.3. The quantitative estimate of drug-likeness (QED) is 0.486. The van der Waals surface area contributed by atoms with Crippen LogP contribution in [0.1, 0.15) is 18.2 Å². The number of carbonyl (C=O) groups is 1. The highest BCUT2D eigenvalue weighted by Crippen LogP contribution is 2.11. The number of esters is 1. The van der Waals surface area contributed by atoms with Gasteiger partial charge in [0.2, 0.25) is 0 Å². The molecule has 0 unspecified atom stereocenters. The van der Waals surface area contributed by atoms with Crippen LogP contribution in [0.25, 0.3) is 6.08 Å². The maximum Gasteiger partial charge on any atom is 0.330 e. The largest absolute Gasteiger partial charge is 0.463 e. The first-order valence-corrected chi connectivity index (χ1v) is 5.84. The first kappa shape index (κ1) is 12.8. The summed E-state index contributed by atoms with van der Waals surface area (Å²) in [6, 6.07) is 1.32. The maximum absolute atomic E-state index is 13.3. The lowest BCUT2D eigenvalue weighted by Gasteiger charge is -1.99. The Morgan fingerprint density at radius 1 is 1.69 bits per heavy atom. The normalized spacial score (nSPS) is 10.7. The van der Waals surface area contributed by atoms with Crippen molar-refractivity contribution in [3.8, 4) is 0 Å². The van der Waals surface area contributed by atoms with E-state index in [9.17, 15) is 9.18 Å². The third kappa shape index (κ3) is 3.73. The number of ether oxygens (including phenoxy) is 1. The van der Waals surface area contributed by atoms with E-state index in [4.69, 9.17) is 4.74 Å². The highest BCUT2D eigenvalue weighted by molar-refractivity contribution is 9.08. The van der Waals surface area contributed by atoms with Crippen LogP contribution in [0.2, 0.25) is 0 Å². The molecule has 0 amide bonds. The topological polar surface area (TPSA) is 39.2 Å². The second kappa shape index (κ2) is 6.37. The Bertz CT molecular complexity index is 407. The first-order valence-electron chi connectivity index (χ1n) is 4.72. The molecule has 16 heavy (non-hydrogen) atoms. The molecule has 1 heterocycles. The minimum absolute atomic E-state index is 0.318. The second-order valence-electron chi connectivity index (χ2n) is 2.92. The van der Waals surface area contributed by atoms with Crippen molar-refractivity contribution < 1.29 is 13.9 Å². The Kier molecular flexibility index (Phi) is 5.11. The SMILES string of the molecule is CCOC(=O)/C=C/c1cnc(CBr)c(F)c1. The average molecular weight is 288 g/mol. The van der Waals surface area contributed by atoms with Crippen molar-refractivity contribution in [1.29, 1.82) is 0 Å². The highest BCUT2D eigenvalue weighted by atomic mass is 79.9. The van der Waals surface area contributed by atoms with E-state index >= 15 is 0 Å². The van der Waals surface area contributed by atoms with Gasteiger partial charge in [-0.25, -0.2) is 9.18 Å². The van der Waals surface area contributed by atoms with Crippen molar-refractivity contribution in [2.75, 3.05) is 6.61 Å². The second-order valence-corrected chi connectivity index (χ2v) is 3.48. The number of carbonyl (C=O) groups excluding carboxylic acids is 1. The number of nitrogens with zero attached hydrogens (tertiary/aromatic N) is 1. The van der Waals surface area contributed by atoms with E-state index in [1.54, 1.807) is 6.92 Å². The van der Waals surface area contributed by atoms with Crippen molar-refractivity contribution in [1.82, 2.24) is 4.98 Å². The van der Waals surface area contributed by atoms with E-state index in [2.05, 4.69) is 20.9 Å². The van der Waals surface area contributed by atoms with Crippen molar-refractivity contribution in [3.63, 3.8) is 0 Å². The molecule has 0 aliphatic carbocycles. The standard InChI is InChI=1S/C11H11BrFNO2/c1-2-16-11(15)4-3-8-5-9(13)10(6-12)14-7-8/h3-5,7H,2,6H2,1H3/b4-3+. The highest BCUT2D eigenvalue weighted by Gasteiger charge is 2.02. The molecule has 0 aliphatic heterocycles. The predicted molar refractivity (Wildman–Crippen MR) is 62.5 cm³/mol. The molecule has 3 nitrogen and oxygen atoms in total. The van der Waals surface area contributed by atoms with Gasteiger partial charge in [0.1, 0.15) is 5.82 Å². The Balaban J connectivity index is 2.75. The van der Waals surface area contributed by atoms with Crippen molar-refractivity contribution in [2.45, 2.75) is 12.3 Å². The summed E-state index contributed by atoms with van der Waals surface area (Å²) in [4.78, 5) is 14.9. The van der Waals surface area contributed by atoms with Crippen LogP contribution in [0.4, 0.5) is 4.39 Å². The molecular formula is C11H11BrFNO2. The van der Waals surface area contributed by atoms with Gasteiger partial charge in [-0.2, -0.15) is 0 Å². The van der Waals surface area contributed by atoms with E-state index < -0.39 is 11.8 Å². The summed E-state index contributed by atoms with van der Waals surface area (Å²) in [5.41, 5.74) is 0.864. The Morgan fingerprint density at radius 2 is 2.44 bits per heavy atom. The zero-order chi connectivity index (χ0) is 12.0. The van der Waals surface area contributed by atoms with E-state index in [1.165, 1.54) is 24.4 Å². The Labute approximate surface area is 101 Å². The van der Waals surface area contributed by atoms with Gasteiger partial charge in [-0.3, -0.25) is 4.98 Å². The van der Waals surface area contributed by atoms with Crippen LogP contribution in [0.5, 0.6) is 0 Å². The molecule has 1 aromatic rings. The van der Waals surface area contributed by atoms with Gasteiger partial charge in [-0.05, 0) is 24.6 Å². The summed E-state index contributed by atoms with van der Waals surface area (Å²) >= 11 is 3.12. The molecule has 0 bridgehead atoms. The molecule has 1 aromatic heterocycles. The Hall–Kier alpha value is -1.23. The minimum atomic E-state index is -0.451. The van der Waals surface area contributed by atoms with Gasteiger partial charge in [0.15, 0.2) is 0 Å². The van der Waals surface area contributed by atoms with Crippen LogP contribution in [0.3, 0.4) is 0 Å². The molecule has 1 rings (SSSR count). The lowest BCUT2D eigenvalue weighted by molar-refractivity contribution is -0.137. The molecule has 0 saturated carbocycles. The number of alkyl halides is 1. The molecular weight excluding hydrogens is 277 g/mol.